The van der Waals surface area contributed by atoms with Crippen molar-refractivity contribution in [3.63, 3.8) is 0 Å². The maximum absolute atomic E-state index is 10.1. The Bertz CT molecular complexity index is 430. The van der Waals surface area contributed by atoms with E-state index in [4.69, 9.17) is 10.00 Å². The Kier molecular flexibility index (Phi) is 3.97. The van der Waals surface area contributed by atoms with Gasteiger partial charge in [0.1, 0.15) is 5.60 Å². The lowest BCUT2D eigenvalue weighted by molar-refractivity contribution is 0.0252. The van der Waals surface area contributed by atoms with E-state index in [9.17, 15) is 5.11 Å². The molecule has 1 heterocycles. The highest BCUT2D eigenvalue weighted by atomic mass is 16.5. The van der Waals surface area contributed by atoms with Gasteiger partial charge in [-0.2, -0.15) is 5.26 Å². The third-order valence-corrected chi connectivity index (χ3v) is 3.36. The fourth-order valence-electron chi connectivity index (χ4n) is 2.04. The van der Waals surface area contributed by atoms with Gasteiger partial charge < -0.3 is 15.2 Å². The van der Waals surface area contributed by atoms with Crippen molar-refractivity contribution in [3.05, 3.63) is 35.4 Å². The van der Waals surface area contributed by atoms with Crippen molar-refractivity contribution < 1.29 is 9.84 Å². The second-order valence-electron chi connectivity index (χ2n) is 4.86. The lowest BCUT2D eigenvalue weighted by Crippen LogP contribution is -2.41. The molecule has 1 aromatic carbocycles. The van der Waals surface area contributed by atoms with Gasteiger partial charge in [0.15, 0.2) is 0 Å². The summed E-state index contributed by atoms with van der Waals surface area (Å²) < 4.78 is 5.20. The zero-order valence-corrected chi connectivity index (χ0v) is 10.5. The molecule has 1 fully saturated rings. The molecule has 0 radical (unpaired) electrons. The number of nitriles is 1. The van der Waals surface area contributed by atoms with Crippen LogP contribution in [0.4, 0.5) is 0 Å². The highest BCUT2D eigenvalue weighted by Crippen LogP contribution is 2.19. The second-order valence-corrected chi connectivity index (χ2v) is 4.86. The fraction of sp³-hybridized carbons (Fsp3) is 0.500. The van der Waals surface area contributed by atoms with Crippen molar-refractivity contribution >= 4 is 0 Å². The maximum Gasteiger partial charge on any atom is 0.103 e. The van der Waals surface area contributed by atoms with Crippen molar-refractivity contribution in [2.75, 3.05) is 19.8 Å². The van der Waals surface area contributed by atoms with Crippen LogP contribution in [-0.4, -0.2) is 30.5 Å². The summed E-state index contributed by atoms with van der Waals surface area (Å²) in [6.07, 6.45) is 0.681. The Morgan fingerprint density at radius 3 is 2.78 bits per heavy atom. The first-order valence-electron chi connectivity index (χ1n) is 6.16. The molecule has 4 nitrogen and oxygen atoms in total. The molecule has 2 rings (SSSR count). The van der Waals surface area contributed by atoms with E-state index in [-0.39, 0.29) is 6.04 Å². The van der Waals surface area contributed by atoms with Gasteiger partial charge in [-0.25, -0.2) is 0 Å². The van der Waals surface area contributed by atoms with Gasteiger partial charge in [-0.3, -0.25) is 0 Å². The summed E-state index contributed by atoms with van der Waals surface area (Å²) in [5, 5.41) is 22.2. The molecule has 96 valence electrons. The molecule has 0 spiro atoms. The molecule has 1 saturated heterocycles. The fourth-order valence-corrected chi connectivity index (χ4v) is 2.04. The van der Waals surface area contributed by atoms with Crippen LogP contribution in [0.3, 0.4) is 0 Å². The molecule has 1 aliphatic heterocycles. The molecule has 2 atom stereocenters. The van der Waals surface area contributed by atoms with Crippen LogP contribution >= 0.6 is 0 Å². The molecule has 0 aromatic heterocycles. The van der Waals surface area contributed by atoms with Crippen LogP contribution in [-0.2, 0) is 4.74 Å². The zero-order chi connectivity index (χ0) is 13.0. The maximum atomic E-state index is 10.1. The summed E-state index contributed by atoms with van der Waals surface area (Å²) >= 11 is 0. The Labute approximate surface area is 107 Å². The smallest absolute Gasteiger partial charge is 0.103 e. The predicted molar refractivity (Wildman–Crippen MR) is 68.0 cm³/mol. The molecule has 0 bridgehead atoms. The average molecular weight is 246 g/mol. The number of nitrogens with zero attached hydrogens (tertiary/aromatic N) is 1. The minimum Gasteiger partial charge on any atom is -0.386 e. The van der Waals surface area contributed by atoms with E-state index in [2.05, 4.69) is 11.4 Å². The zero-order valence-electron chi connectivity index (χ0n) is 10.5. The summed E-state index contributed by atoms with van der Waals surface area (Å²) in [5.74, 6) is 0. The van der Waals surface area contributed by atoms with Gasteiger partial charge in [0.2, 0.25) is 0 Å². The lowest BCUT2D eigenvalue weighted by Gasteiger charge is -2.24. The van der Waals surface area contributed by atoms with Gasteiger partial charge in [-0.1, -0.05) is 12.1 Å². The predicted octanol–water partition coefficient (Wildman–Crippen LogP) is 1.36. The van der Waals surface area contributed by atoms with Gasteiger partial charge in [0, 0.05) is 25.6 Å². The van der Waals surface area contributed by atoms with E-state index >= 15 is 0 Å². The summed E-state index contributed by atoms with van der Waals surface area (Å²) in [6, 6.07) is 9.72. The van der Waals surface area contributed by atoms with Crippen molar-refractivity contribution in [2.45, 2.75) is 25.0 Å². The Balaban J connectivity index is 1.91. The first kappa shape index (κ1) is 13.0. The molecule has 0 aliphatic carbocycles. The Morgan fingerprint density at radius 1 is 1.50 bits per heavy atom. The molecule has 0 saturated carbocycles. The number of aliphatic hydroxyl groups is 1. The van der Waals surface area contributed by atoms with Crippen LogP contribution in [0.5, 0.6) is 0 Å². The summed E-state index contributed by atoms with van der Waals surface area (Å²) in [7, 11) is 0. The van der Waals surface area contributed by atoms with Crippen molar-refractivity contribution in [1.29, 1.82) is 5.26 Å². The SMILES string of the molecule is CC(NCC1(O)CCOC1)c1ccc(C#N)cc1. The quantitative estimate of drug-likeness (QED) is 0.842. The molecular formula is C14H18N2O2. The number of rotatable bonds is 4. The van der Waals surface area contributed by atoms with Gasteiger partial charge in [0.05, 0.1) is 18.2 Å². The standard InChI is InChI=1S/C14H18N2O2/c1-11(13-4-2-12(8-15)3-5-13)16-9-14(17)6-7-18-10-14/h2-5,11,16-17H,6-7,9-10H2,1H3. The highest BCUT2D eigenvalue weighted by molar-refractivity contribution is 5.32. The molecule has 2 unspecified atom stereocenters. The number of nitrogens with one attached hydrogen (secondary N) is 1. The van der Waals surface area contributed by atoms with Gasteiger partial charge in [0.25, 0.3) is 0 Å². The molecule has 18 heavy (non-hydrogen) atoms. The third kappa shape index (κ3) is 3.08. The molecular weight excluding hydrogens is 228 g/mol. The van der Waals surface area contributed by atoms with E-state index < -0.39 is 5.60 Å². The van der Waals surface area contributed by atoms with E-state index in [0.717, 1.165) is 5.56 Å². The van der Waals surface area contributed by atoms with Crippen molar-refractivity contribution in [1.82, 2.24) is 5.32 Å². The van der Waals surface area contributed by atoms with Crippen LogP contribution in [0.2, 0.25) is 0 Å². The molecule has 1 aliphatic rings. The number of benzene rings is 1. The minimum atomic E-state index is -0.735. The van der Waals surface area contributed by atoms with Gasteiger partial charge in [-0.05, 0) is 24.6 Å². The summed E-state index contributed by atoms with van der Waals surface area (Å²) in [4.78, 5) is 0. The third-order valence-electron chi connectivity index (χ3n) is 3.36. The van der Waals surface area contributed by atoms with E-state index in [1.165, 1.54) is 0 Å². The summed E-state index contributed by atoms with van der Waals surface area (Å²) in [6.45, 7) is 3.60. The number of hydrogen-bond acceptors (Lipinski definition) is 4. The first-order valence-corrected chi connectivity index (χ1v) is 6.16. The molecule has 1 aromatic rings. The Morgan fingerprint density at radius 2 is 2.22 bits per heavy atom. The molecule has 4 heteroatoms. The highest BCUT2D eigenvalue weighted by Gasteiger charge is 2.32. The normalized spacial score (nSPS) is 24.7. The van der Waals surface area contributed by atoms with E-state index in [1.54, 1.807) is 12.1 Å². The molecule has 0 amide bonds. The van der Waals surface area contributed by atoms with Crippen LogP contribution in [0.15, 0.2) is 24.3 Å². The van der Waals surface area contributed by atoms with Crippen molar-refractivity contribution in [3.8, 4) is 6.07 Å². The average Bonchev–Trinajstić information content (AvgIpc) is 2.83. The number of ether oxygens (including phenoxy) is 1. The van der Waals surface area contributed by atoms with Crippen molar-refractivity contribution in [2.24, 2.45) is 0 Å². The van der Waals surface area contributed by atoms with Crippen LogP contribution in [0.1, 0.15) is 30.5 Å². The van der Waals surface area contributed by atoms with E-state index in [1.807, 2.05) is 19.1 Å². The lowest BCUT2D eigenvalue weighted by atomic mass is 10.0. The van der Waals surface area contributed by atoms with Crippen LogP contribution in [0.25, 0.3) is 0 Å². The van der Waals surface area contributed by atoms with Gasteiger partial charge >= 0.3 is 0 Å². The molecule has 2 N–H and O–H groups in total. The summed E-state index contributed by atoms with van der Waals surface area (Å²) in [5.41, 5.74) is 1.03. The van der Waals surface area contributed by atoms with Gasteiger partial charge in [-0.15, -0.1) is 0 Å². The largest absolute Gasteiger partial charge is 0.386 e. The second kappa shape index (κ2) is 5.49. The first-order chi connectivity index (χ1) is 8.63. The van der Waals surface area contributed by atoms with Crippen LogP contribution in [0, 0.1) is 11.3 Å². The monoisotopic (exact) mass is 246 g/mol. The minimum absolute atomic E-state index is 0.141. The topological polar surface area (TPSA) is 65.3 Å². The van der Waals surface area contributed by atoms with Crippen LogP contribution < -0.4 is 5.32 Å². The number of hydrogen-bond donors (Lipinski definition) is 2. The Hall–Kier alpha value is -1.41. The van der Waals surface area contributed by atoms with E-state index in [0.29, 0.717) is 31.7 Å².